The normalized spacial score (nSPS) is 28.2. The summed E-state index contributed by atoms with van der Waals surface area (Å²) in [5, 5.41) is 3.62. The van der Waals surface area contributed by atoms with Crippen LogP contribution in [-0.4, -0.2) is 47.4 Å². The number of hydrogen-bond donors (Lipinski definition) is 1. The fraction of sp³-hybridized carbons (Fsp3) is 0.769. The third-order valence-corrected chi connectivity index (χ3v) is 6.17. The first-order valence-electron chi connectivity index (χ1n) is 7.40. The van der Waals surface area contributed by atoms with Crippen LogP contribution in [0.25, 0.3) is 0 Å². The molecule has 2 aliphatic rings. The zero-order valence-electron chi connectivity index (χ0n) is 11.8. The van der Waals surface area contributed by atoms with E-state index in [0.717, 1.165) is 38.8 Å². The van der Waals surface area contributed by atoms with Crippen LogP contribution in [0.2, 0.25) is 0 Å². The molecule has 2 unspecified atom stereocenters. The third-order valence-electron chi connectivity index (χ3n) is 4.36. The predicted octanol–water partition coefficient (Wildman–Crippen LogP) is 0.808. The molecule has 2 aliphatic heterocycles. The lowest BCUT2D eigenvalue weighted by Gasteiger charge is -2.28. The number of aromatic nitrogens is 2. The predicted molar refractivity (Wildman–Crippen MR) is 75.8 cm³/mol. The molecule has 7 heteroatoms. The van der Waals surface area contributed by atoms with Crippen molar-refractivity contribution >= 4 is 10.0 Å². The summed E-state index contributed by atoms with van der Waals surface area (Å²) in [6, 6.07) is 0.398. The number of nitrogens with one attached hydrogen (secondary N) is 1. The summed E-state index contributed by atoms with van der Waals surface area (Å²) in [5.74, 6) is 0. The smallest absolute Gasteiger partial charge is 0.262 e. The van der Waals surface area contributed by atoms with Crippen LogP contribution in [0.5, 0.6) is 0 Å². The summed E-state index contributed by atoms with van der Waals surface area (Å²) >= 11 is 0. The second-order valence-corrected chi connectivity index (χ2v) is 7.41. The van der Waals surface area contributed by atoms with E-state index in [1.807, 2.05) is 6.92 Å². The molecule has 20 heavy (non-hydrogen) atoms. The lowest BCUT2D eigenvalue weighted by molar-refractivity contribution is 0.321. The Balaban J connectivity index is 1.85. The molecular formula is C13H22N4O2S. The van der Waals surface area contributed by atoms with Gasteiger partial charge in [0.2, 0.25) is 0 Å². The standard InChI is InChI=1S/C13H22N4O2S/c1-2-16-9-13(15-10-16)20(18,19)17-8-4-6-12(17)11-5-3-7-14-11/h9-12,14H,2-8H2,1H3. The van der Waals surface area contributed by atoms with Crippen molar-refractivity contribution < 1.29 is 8.42 Å². The molecule has 2 fully saturated rings. The van der Waals surface area contributed by atoms with Crippen LogP contribution in [0.15, 0.2) is 17.6 Å². The van der Waals surface area contributed by atoms with Crippen molar-refractivity contribution in [1.82, 2.24) is 19.2 Å². The van der Waals surface area contributed by atoms with Gasteiger partial charge in [0, 0.05) is 31.4 Å². The van der Waals surface area contributed by atoms with E-state index in [0.29, 0.717) is 12.6 Å². The quantitative estimate of drug-likeness (QED) is 0.893. The molecule has 1 aromatic heterocycles. The van der Waals surface area contributed by atoms with Gasteiger partial charge in [0.25, 0.3) is 10.0 Å². The SMILES string of the molecule is CCn1cnc(S(=O)(=O)N2CCCC2C2CCCN2)c1. The molecule has 6 nitrogen and oxygen atoms in total. The Morgan fingerprint density at radius 3 is 2.90 bits per heavy atom. The minimum Gasteiger partial charge on any atom is -0.336 e. The van der Waals surface area contributed by atoms with Crippen molar-refractivity contribution in [3.05, 3.63) is 12.5 Å². The zero-order chi connectivity index (χ0) is 14.2. The average Bonchev–Trinajstić information content (AvgIpc) is 3.17. The van der Waals surface area contributed by atoms with E-state index in [1.165, 1.54) is 0 Å². The Labute approximate surface area is 120 Å². The fourth-order valence-electron chi connectivity index (χ4n) is 3.27. The lowest BCUT2D eigenvalue weighted by atomic mass is 10.1. The fourth-order valence-corrected chi connectivity index (χ4v) is 4.94. The molecule has 2 atom stereocenters. The van der Waals surface area contributed by atoms with E-state index in [-0.39, 0.29) is 11.1 Å². The van der Waals surface area contributed by atoms with Crippen molar-refractivity contribution in [3.63, 3.8) is 0 Å². The number of aryl methyl sites for hydroxylation is 1. The maximum absolute atomic E-state index is 12.8. The average molecular weight is 298 g/mol. The monoisotopic (exact) mass is 298 g/mol. The molecule has 1 aromatic rings. The molecule has 0 aliphatic carbocycles. The topological polar surface area (TPSA) is 67.2 Å². The molecule has 3 rings (SSSR count). The number of nitrogens with zero attached hydrogens (tertiary/aromatic N) is 3. The molecule has 2 saturated heterocycles. The summed E-state index contributed by atoms with van der Waals surface area (Å²) < 4.78 is 29.0. The summed E-state index contributed by atoms with van der Waals surface area (Å²) in [6.45, 7) is 4.32. The Morgan fingerprint density at radius 1 is 1.40 bits per heavy atom. The Bertz CT molecular complexity index is 563. The van der Waals surface area contributed by atoms with E-state index in [1.54, 1.807) is 21.4 Å². The molecule has 0 saturated carbocycles. The van der Waals surface area contributed by atoms with Crippen molar-refractivity contribution in [2.24, 2.45) is 0 Å². The van der Waals surface area contributed by atoms with Crippen LogP contribution in [-0.2, 0) is 16.6 Å². The number of rotatable bonds is 4. The van der Waals surface area contributed by atoms with E-state index in [9.17, 15) is 8.42 Å². The highest BCUT2D eigenvalue weighted by atomic mass is 32.2. The second-order valence-electron chi connectivity index (χ2n) is 5.57. The van der Waals surface area contributed by atoms with E-state index in [4.69, 9.17) is 0 Å². The highest BCUT2D eigenvalue weighted by molar-refractivity contribution is 7.89. The van der Waals surface area contributed by atoms with Gasteiger partial charge in [0.15, 0.2) is 5.03 Å². The van der Waals surface area contributed by atoms with Crippen molar-refractivity contribution in [3.8, 4) is 0 Å². The zero-order valence-corrected chi connectivity index (χ0v) is 12.6. The highest BCUT2D eigenvalue weighted by Crippen LogP contribution is 2.29. The van der Waals surface area contributed by atoms with E-state index < -0.39 is 10.0 Å². The molecule has 112 valence electrons. The maximum atomic E-state index is 12.8. The van der Waals surface area contributed by atoms with Gasteiger partial charge in [0.1, 0.15) is 0 Å². The molecule has 3 heterocycles. The van der Waals surface area contributed by atoms with E-state index >= 15 is 0 Å². The van der Waals surface area contributed by atoms with Crippen LogP contribution >= 0.6 is 0 Å². The van der Waals surface area contributed by atoms with Gasteiger partial charge in [-0.15, -0.1) is 0 Å². The Morgan fingerprint density at radius 2 is 2.25 bits per heavy atom. The van der Waals surface area contributed by atoms with Crippen LogP contribution < -0.4 is 5.32 Å². The number of sulfonamides is 1. The molecule has 0 amide bonds. The third kappa shape index (κ3) is 2.38. The van der Waals surface area contributed by atoms with E-state index in [2.05, 4.69) is 10.3 Å². The second kappa shape index (κ2) is 5.46. The van der Waals surface area contributed by atoms with Gasteiger partial charge in [-0.3, -0.25) is 0 Å². The first kappa shape index (κ1) is 14.0. The summed E-state index contributed by atoms with van der Waals surface area (Å²) in [7, 11) is -3.45. The first-order chi connectivity index (χ1) is 9.63. The lowest BCUT2D eigenvalue weighted by Crippen LogP contribution is -2.46. The van der Waals surface area contributed by atoms with Crippen LogP contribution in [0.4, 0.5) is 0 Å². The van der Waals surface area contributed by atoms with Crippen molar-refractivity contribution in [2.75, 3.05) is 13.1 Å². The molecule has 0 aromatic carbocycles. The minimum atomic E-state index is -3.45. The Kier molecular flexibility index (Phi) is 3.83. The van der Waals surface area contributed by atoms with Crippen molar-refractivity contribution in [2.45, 2.75) is 56.3 Å². The van der Waals surface area contributed by atoms with Crippen LogP contribution in [0, 0.1) is 0 Å². The van der Waals surface area contributed by atoms with Gasteiger partial charge in [-0.25, -0.2) is 13.4 Å². The van der Waals surface area contributed by atoms with Gasteiger partial charge in [-0.05, 0) is 39.2 Å². The van der Waals surface area contributed by atoms with Gasteiger partial charge in [0.05, 0.1) is 6.33 Å². The van der Waals surface area contributed by atoms with Gasteiger partial charge in [-0.2, -0.15) is 4.31 Å². The molecule has 0 spiro atoms. The van der Waals surface area contributed by atoms with Crippen LogP contribution in [0.1, 0.15) is 32.6 Å². The number of imidazole rings is 1. The molecular weight excluding hydrogens is 276 g/mol. The highest BCUT2D eigenvalue weighted by Gasteiger charge is 2.41. The first-order valence-corrected chi connectivity index (χ1v) is 8.84. The van der Waals surface area contributed by atoms with Gasteiger partial charge in [-0.1, -0.05) is 0 Å². The number of hydrogen-bond acceptors (Lipinski definition) is 4. The largest absolute Gasteiger partial charge is 0.336 e. The summed E-state index contributed by atoms with van der Waals surface area (Å²) in [5.41, 5.74) is 0. The van der Waals surface area contributed by atoms with Gasteiger partial charge < -0.3 is 9.88 Å². The Hall–Kier alpha value is -0.920. The van der Waals surface area contributed by atoms with Crippen LogP contribution in [0.3, 0.4) is 0 Å². The summed E-state index contributed by atoms with van der Waals surface area (Å²) in [4.78, 5) is 4.08. The molecule has 0 radical (unpaired) electrons. The van der Waals surface area contributed by atoms with Crippen molar-refractivity contribution in [1.29, 1.82) is 0 Å². The summed E-state index contributed by atoms with van der Waals surface area (Å²) in [6.07, 6.45) is 7.32. The molecule has 0 bridgehead atoms. The van der Waals surface area contributed by atoms with Gasteiger partial charge >= 0.3 is 0 Å². The molecule has 1 N–H and O–H groups in total. The maximum Gasteiger partial charge on any atom is 0.262 e. The minimum absolute atomic E-state index is 0.0919.